The number of carboxylic acids is 1. The Labute approximate surface area is 125 Å². The zero-order valence-electron chi connectivity index (χ0n) is 11.0. The third kappa shape index (κ3) is 3.40. The van der Waals surface area contributed by atoms with Crippen molar-refractivity contribution in [3.8, 4) is 0 Å². The second kappa shape index (κ2) is 6.25. The van der Waals surface area contributed by atoms with Gasteiger partial charge in [-0.3, -0.25) is 0 Å². The second-order valence-electron chi connectivity index (χ2n) is 4.30. The van der Waals surface area contributed by atoms with E-state index in [9.17, 15) is 18.3 Å². The summed E-state index contributed by atoms with van der Waals surface area (Å²) in [6.07, 6.45) is 0.779. The van der Waals surface area contributed by atoms with E-state index in [-0.39, 0.29) is 16.2 Å². The van der Waals surface area contributed by atoms with Crippen molar-refractivity contribution in [3.63, 3.8) is 0 Å². The summed E-state index contributed by atoms with van der Waals surface area (Å²) in [5.74, 6) is -1.86. The highest BCUT2D eigenvalue weighted by Crippen LogP contribution is 2.28. The van der Waals surface area contributed by atoms with Crippen LogP contribution in [0, 0.1) is 0 Å². The lowest BCUT2D eigenvalue weighted by atomic mass is 9.96. The predicted molar refractivity (Wildman–Crippen MR) is 74.1 cm³/mol. The van der Waals surface area contributed by atoms with Crippen LogP contribution in [-0.2, 0) is 10.0 Å². The molecule has 0 aliphatic heterocycles. The van der Waals surface area contributed by atoms with Crippen LogP contribution in [0.1, 0.15) is 37.2 Å². The van der Waals surface area contributed by atoms with Gasteiger partial charge in [0.15, 0.2) is 4.67 Å². The molecule has 0 aliphatic carbocycles. The number of aliphatic hydroxyl groups excluding tert-OH is 1. The fourth-order valence-corrected chi connectivity index (χ4v) is 4.11. The third-order valence-electron chi connectivity index (χ3n) is 3.16. The number of carbonyl (C=O) groups is 1. The van der Waals surface area contributed by atoms with Gasteiger partial charge >= 0.3 is 5.97 Å². The standard InChI is InChI=1S/C11H16BrNO6S/c1-3-11(4-2,6-14)13-20(17,18)8-5-7(10(15)16)19-9(8)12/h5,13-14H,3-4,6H2,1-2H3,(H,15,16). The number of aromatic carboxylic acids is 1. The normalized spacial score (nSPS) is 12.6. The molecule has 3 N–H and O–H groups in total. The summed E-state index contributed by atoms with van der Waals surface area (Å²) in [4.78, 5) is 10.5. The van der Waals surface area contributed by atoms with Gasteiger partial charge in [0, 0.05) is 6.07 Å². The third-order valence-corrected chi connectivity index (χ3v) is 5.60. The van der Waals surface area contributed by atoms with Crippen molar-refractivity contribution in [2.45, 2.75) is 37.1 Å². The smallest absolute Gasteiger partial charge is 0.371 e. The van der Waals surface area contributed by atoms with Crippen molar-refractivity contribution in [1.82, 2.24) is 4.72 Å². The molecule has 0 aliphatic rings. The molecular weight excluding hydrogens is 354 g/mol. The minimum absolute atomic E-state index is 0.193. The molecule has 0 bridgehead atoms. The lowest BCUT2D eigenvalue weighted by molar-refractivity contribution is 0.0661. The maximum absolute atomic E-state index is 12.3. The van der Waals surface area contributed by atoms with E-state index in [0.717, 1.165) is 6.07 Å². The van der Waals surface area contributed by atoms with Crippen molar-refractivity contribution in [2.24, 2.45) is 0 Å². The summed E-state index contributed by atoms with van der Waals surface area (Å²) in [6, 6.07) is 0.919. The number of hydrogen-bond donors (Lipinski definition) is 3. The predicted octanol–water partition coefficient (Wildman–Crippen LogP) is 1.57. The fraction of sp³-hybridized carbons (Fsp3) is 0.545. The molecular formula is C11H16BrNO6S. The first-order valence-electron chi connectivity index (χ1n) is 5.88. The first-order chi connectivity index (χ1) is 9.21. The highest BCUT2D eigenvalue weighted by Gasteiger charge is 2.34. The number of hydrogen-bond acceptors (Lipinski definition) is 5. The van der Waals surface area contributed by atoms with Gasteiger partial charge in [0.25, 0.3) is 0 Å². The van der Waals surface area contributed by atoms with E-state index in [1.807, 2.05) is 0 Å². The van der Waals surface area contributed by atoms with Crippen LogP contribution in [0.3, 0.4) is 0 Å². The van der Waals surface area contributed by atoms with Crippen LogP contribution in [0.4, 0.5) is 0 Å². The minimum atomic E-state index is -4.01. The SMILES string of the molecule is CCC(CC)(CO)NS(=O)(=O)c1cc(C(=O)O)oc1Br. The molecule has 1 aromatic heterocycles. The van der Waals surface area contributed by atoms with Crippen molar-refractivity contribution < 1.29 is 27.8 Å². The van der Waals surface area contributed by atoms with Crippen molar-refractivity contribution in [2.75, 3.05) is 6.61 Å². The van der Waals surface area contributed by atoms with E-state index in [0.29, 0.717) is 12.8 Å². The van der Waals surface area contributed by atoms with Crippen LogP contribution in [0.2, 0.25) is 0 Å². The molecule has 0 saturated carbocycles. The van der Waals surface area contributed by atoms with Crippen molar-refractivity contribution in [1.29, 1.82) is 0 Å². The molecule has 0 atom stereocenters. The first-order valence-corrected chi connectivity index (χ1v) is 8.16. The van der Waals surface area contributed by atoms with Crippen molar-refractivity contribution >= 4 is 31.9 Å². The molecule has 0 aromatic carbocycles. The molecule has 0 saturated heterocycles. The molecule has 0 amide bonds. The number of carboxylic acid groups (broad SMARTS) is 1. The monoisotopic (exact) mass is 369 g/mol. The summed E-state index contributed by atoms with van der Waals surface area (Å²) in [5, 5.41) is 18.2. The molecule has 0 radical (unpaired) electrons. The van der Waals surface area contributed by atoms with Gasteiger partial charge in [-0.15, -0.1) is 0 Å². The summed E-state index contributed by atoms with van der Waals surface area (Å²) in [5.41, 5.74) is -0.987. The van der Waals surface area contributed by atoms with E-state index in [1.54, 1.807) is 13.8 Å². The molecule has 7 nitrogen and oxygen atoms in total. The number of halogens is 1. The van der Waals surface area contributed by atoms with Crippen LogP contribution in [-0.4, -0.2) is 36.7 Å². The topological polar surface area (TPSA) is 117 Å². The Bertz CT molecular complexity index is 582. The Morgan fingerprint density at radius 2 is 2.00 bits per heavy atom. The van der Waals surface area contributed by atoms with Gasteiger partial charge in [-0.2, -0.15) is 0 Å². The van der Waals surface area contributed by atoms with E-state index in [1.165, 1.54) is 0 Å². The molecule has 0 fully saturated rings. The summed E-state index contributed by atoms with van der Waals surface area (Å²) in [7, 11) is -4.01. The molecule has 9 heteroatoms. The van der Waals surface area contributed by atoms with Gasteiger partial charge in [-0.1, -0.05) is 13.8 Å². The lowest BCUT2D eigenvalue weighted by Crippen LogP contribution is -2.50. The minimum Gasteiger partial charge on any atom is -0.475 e. The zero-order chi connectivity index (χ0) is 15.6. The molecule has 114 valence electrons. The number of furan rings is 1. The van der Waals surface area contributed by atoms with Gasteiger partial charge in [0.2, 0.25) is 15.8 Å². The second-order valence-corrected chi connectivity index (χ2v) is 6.68. The quantitative estimate of drug-likeness (QED) is 0.671. The number of rotatable bonds is 7. The summed E-state index contributed by atoms with van der Waals surface area (Å²) in [6.45, 7) is 3.13. The maximum atomic E-state index is 12.3. The van der Waals surface area contributed by atoms with Crippen LogP contribution < -0.4 is 4.72 Å². The Hall–Kier alpha value is -0.900. The molecule has 0 unspecified atom stereocenters. The maximum Gasteiger partial charge on any atom is 0.371 e. The zero-order valence-corrected chi connectivity index (χ0v) is 13.4. The largest absolute Gasteiger partial charge is 0.475 e. The molecule has 20 heavy (non-hydrogen) atoms. The van der Waals surface area contributed by atoms with Gasteiger partial charge in [0.1, 0.15) is 4.90 Å². The Morgan fingerprint density at radius 3 is 2.35 bits per heavy atom. The molecule has 1 heterocycles. The van der Waals surface area contributed by atoms with Gasteiger partial charge in [0.05, 0.1) is 12.1 Å². The van der Waals surface area contributed by atoms with Crippen LogP contribution in [0.25, 0.3) is 0 Å². The van der Waals surface area contributed by atoms with Crippen LogP contribution >= 0.6 is 15.9 Å². The first kappa shape index (κ1) is 17.2. The highest BCUT2D eigenvalue weighted by molar-refractivity contribution is 9.10. The van der Waals surface area contributed by atoms with E-state index < -0.39 is 27.3 Å². The fourth-order valence-electron chi connectivity index (χ4n) is 1.63. The summed E-state index contributed by atoms with van der Waals surface area (Å²) < 4.78 is 31.6. The molecule has 0 spiro atoms. The number of aliphatic hydroxyl groups is 1. The van der Waals surface area contributed by atoms with E-state index in [4.69, 9.17) is 9.52 Å². The lowest BCUT2D eigenvalue weighted by Gasteiger charge is -2.29. The van der Waals surface area contributed by atoms with Crippen molar-refractivity contribution in [3.05, 3.63) is 16.5 Å². The average molecular weight is 370 g/mol. The molecule has 1 aromatic rings. The van der Waals surface area contributed by atoms with Gasteiger partial charge in [-0.25, -0.2) is 17.9 Å². The summed E-state index contributed by atoms with van der Waals surface area (Å²) >= 11 is 2.88. The van der Waals surface area contributed by atoms with Gasteiger partial charge in [-0.05, 0) is 28.8 Å². The number of sulfonamides is 1. The Morgan fingerprint density at radius 1 is 1.45 bits per heavy atom. The van der Waals surface area contributed by atoms with E-state index >= 15 is 0 Å². The molecule has 1 rings (SSSR count). The Balaban J connectivity index is 3.20. The number of nitrogens with one attached hydrogen (secondary N) is 1. The average Bonchev–Trinajstić information content (AvgIpc) is 2.79. The van der Waals surface area contributed by atoms with E-state index in [2.05, 4.69) is 20.7 Å². The van der Waals surface area contributed by atoms with Crippen LogP contribution in [0.5, 0.6) is 0 Å². The van der Waals surface area contributed by atoms with Crippen LogP contribution in [0.15, 0.2) is 20.0 Å². The van der Waals surface area contributed by atoms with Gasteiger partial charge < -0.3 is 14.6 Å². The Kier molecular flexibility index (Phi) is 5.36. The highest BCUT2D eigenvalue weighted by atomic mass is 79.9.